The molecule has 2 aromatic carbocycles. The van der Waals surface area contributed by atoms with Gasteiger partial charge in [0.1, 0.15) is 6.07 Å². The molecule has 1 aliphatic rings. The van der Waals surface area contributed by atoms with Crippen molar-refractivity contribution in [3.8, 4) is 6.07 Å². The number of anilines is 2. The second-order valence-corrected chi connectivity index (χ2v) is 6.87. The van der Waals surface area contributed by atoms with Crippen LogP contribution in [0.1, 0.15) is 12.5 Å². The predicted octanol–water partition coefficient (Wildman–Crippen LogP) is 1.94. The first-order valence-electron chi connectivity index (χ1n) is 8.74. The van der Waals surface area contributed by atoms with Gasteiger partial charge in [0.15, 0.2) is 6.04 Å². The van der Waals surface area contributed by atoms with Crippen LogP contribution in [-0.2, 0) is 4.79 Å². The molecular formula is C20H22ClN4O+. The van der Waals surface area contributed by atoms with Gasteiger partial charge >= 0.3 is 0 Å². The van der Waals surface area contributed by atoms with E-state index < -0.39 is 0 Å². The van der Waals surface area contributed by atoms with Crippen molar-refractivity contribution in [3.05, 3.63) is 59.1 Å². The van der Waals surface area contributed by atoms with Gasteiger partial charge in [0.25, 0.3) is 5.91 Å². The van der Waals surface area contributed by atoms with E-state index in [4.69, 9.17) is 16.9 Å². The van der Waals surface area contributed by atoms with Crippen molar-refractivity contribution in [2.75, 3.05) is 36.4 Å². The summed E-state index contributed by atoms with van der Waals surface area (Å²) in [5, 5.41) is 12.8. The standard InChI is InChI=1S/C20H21ClN4O/c1-15(20(26)23-18-8-4-2-6-16(18)14-22)24-10-12-25(13-11-24)19-9-5-3-7-17(19)21/h2-9,15H,10-13H2,1H3,(H,23,26)/p+1/t15-/m0/s1. The minimum absolute atomic E-state index is 0.0612. The fourth-order valence-corrected chi connectivity index (χ4v) is 3.55. The van der Waals surface area contributed by atoms with E-state index in [-0.39, 0.29) is 11.9 Å². The average Bonchev–Trinajstić information content (AvgIpc) is 2.68. The van der Waals surface area contributed by atoms with Gasteiger partial charge in [-0.25, -0.2) is 0 Å². The minimum atomic E-state index is -0.185. The minimum Gasteiger partial charge on any atom is -0.359 e. The van der Waals surface area contributed by atoms with Crippen LogP contribution in [0.2, 0.25) is 5.02 Å². The van der Waals surface area contributed by atoms with E-state index >= 15 is 0 Å². The lowest BCUT2D eigenvalue weighted by molar-refractivity contribution is -0.914. The molecule has 134 valence electrons. The maximum Gasteiger partial charge on any atom is 0.282 e. The fourth-order valence-electron chi connectivity index (χ4n) is 3.29. The van der Waals surface area contributed by atoms with Gasteiger partial charge in [0, 0.05) is 0 Å². The number of benzene rings is 2. The summed E-state index contributed by atoms with van der Waals surface area (Å²) in [5.74, 6) is -0.0612. The van der Waals surface area contributed by atoms with Crippen LogP contribution >= 0.6 is 11.6 Å². The number of hydrogen-bond acceptors (Lipinski definition) is 3. The van der Waals surface area contributed by atoms with Crippen LogP contribution in [0.3, 0.4) is 0 Å². The summed E-state index contributed by atoms with van der Waals surface area (Å²) in [4.78, 5) is 16.1. The second-order valence-electron chi connectivity index (χ2n) is 6.47. The zero-order chi connectivity index (χ0) is 18.5. The van der Waals surface area contributed by atoms with Crippen LogP contribution < -0.4 is 15.1 Å². The van der Waals surface area contributed by atoms with Gasteiger partial charge in [-0.15, -0.1) is 0 Å². The Morgan fingerprint density at radius 3 is 2.54 bits per heavy atom. The molecule has 1 saturated heterocycles. The SMILES string of the molecule is C[C@@H](C(=O)Nc1ccccc1C#N)[NH+]1CCN(c2ccccc2Cl)CC1. The molecule has 3 rings (SSSR count). The van der Waals surface area contributed by atoms with Gasteiger partial charge in [0.2, 0.25) is 0 Å². The van der Waals surface area contributed by atoms with Gasteiger partial charge in [-0.3, -0.25) is 4.79 Å². The first-order valence-corrected chi connectivity index (χ1v) is 9.12. The van der Waals surface area contributed by atoms with Gasteiger partial charge in [-0.1, -0.05) is 35.9 Å². The smallest absolute Gasteiger partial charge is 0.282 e. The van der Waals surface area contributed by atoms with Gasteiger partial charge in [0.05, 0.1) is 48.1 Å². The third-order valence-corrected chi connectivity index (χ3v) is 5.23. The molecule has 5 nitrogen and oxygen atoms in total. The number of nitrogens with one attached hydrogen (secondary N) is 2. The zero-order valence-electron chi connectivity index (χ0n) is 14.7. The van der Waals surface area contributed by atoms with E-state index in [1.165, 1.54) is 4.90 Å². The zero-order valence-corrected chi connectivity index (χ0v) is 15.5. The summed E-state index contributed by atoms with van der Waals surface area (Å²) in [6.45, 7) is 5.36. The highest BCUT2D eigenvalue weighted by atomic mass is 35.5. The van der Waals surface area contributed by atoms with E-state index in [2.05, 4.69) is 16.3 Å². The van der Waals surface area contributed by atoms with Crippen LogP contribution in [0.4, 0.5) is 11.4 Å². The second kappa shape index (κ2) is 8.22. The third-order valence-electron chi connectivity index (χ3n) is 4.91. The van der Waals surface area contributed by atoms with Crippen LogP contribution in [-0.4, -0.2) is 38.1 Å². The van der Waals surface area contributed by atoms with E-state index in [0.29, 0.717) is 11.3 Å². The number of halogens is 1. The predicted molar refractivity (Wildman–Crippen MR) is 104 cm³/mol. The van der Waals surface area contributed by atoms with E-state index in [1.807, 2.05) is 37.3 Å². The Kier molecular flexibility index (Phi) is 5.77. The topological polar surface area (TPSA) is 60.6 Å². The highest BCUT2D eigenvalue weighted by molar-refractivity contribution is 6.33. The first-order chi connectivity index (χ1) is 12.6. The molecule has 0 saturated carbocycles. The number of carbonyl (C=O) groups excluding carboxylic acids is 1. The van der Waals surface area contributed by atoms with E-state index in [0.717, 1.165) is 36.9 Å². The van der Waals surface area contributed by atoms with Crippen molar-refractivity contribution in [1.82, 2.24) is 0 Å². The Balaban J connectivity index is 1.60. The van der Waals surface area contributed by atoms with E-state index in [9.17, 15) is 4.79 Å². The summed E-state index contributed by atoms with van der Waals surface area (Å²) in [5.41, 5.74) is 2.10. The molecule has 2 aromatic rings. The molecule has 0 aliphatic carbocycles. The van der Waals surface area contributed by atoms with Crippen molar-refractivity contribution in [3.63, 3.8) is 0 Å². The molecule has 2 N–H and O–H groups in total. The summed E-state index contributed by atoms with van der Waals surface area (Å²) in [6.07, 6.45) is 0. The Bertz CT molecular complexity index is 825. The molecule has 26 heavy (non-hydrogen) atoms. The van der Waals surface area contributed by atoms with Gasteiger partial charge < -0.3 is 15.1 Å². The molecule has 1 heterocycles. The number of rotatable bonds is 4. The summed E-state index contributed by atoms with van der Waals surface area (Å²) < 4.78 is 0. The summed E-state index contributed by atoms with van der Waals surface area (Å²) >= 11 is 6.29. The Hall–Kier alpha value is -2.55. The van der Waals surface area contributed by atoms with Gasteiger partial charge in [-0.2, -0.15) is 5.26 Å². The van der Waals surface area contributed by atoms with Crippen molar-refractivity contribution >= 4 is 28.9 Å². The fraction of sp³-hybridized carbons (Fsp3) is 0.300. The quantitative estimate of drug-likeness (QED) is 0.866. The maximum atomic E-state index is 12.6. The van der Waals surface area contributed by atoms with E-state index in [1.54, 1.807) is 18.2 Å². The Labute approximate surface area is 158 Å². The first kappa shape index (κ1) is 18.2. The maximum absolute atomic E-state index is 12.6. The van der Waals surface area contributed by atoms with Crippen LogP contribution in [0.5, 0.6) is 0 Å². The number of quaternary nitrogens is 1. The third kappa shape index (κ3) is 3.98. The largest absolute Gasteiger partial charge is 0.359 e. The molecular weight excluding hydrogens is 348 g/mol. The molecule has 1 fully saturated rings. The number of nitriles is 1. The van der Waals surface area contributed by atoms with Crippen molar-refractivity contribution in [2.45, 2.75) is 13.0 Å². The summed E-state index contributed by atoms with van der Waals surface area (Å²) in [6, 6.07) is 16.8. The van der Waals surface area contributed by atoms with Crippen molar-refractivity contribution in [2.24, 2.45) is 0 Å². The van der Waals surface area contributed by atoms with Crippen LogP contribution in [0.25, 0.3) is 0 Å². The van der Waals surface area contributed by atoms with Crippen molar-refractivity contribution < 1.29 is 9.69 Å². The number of piperazine rings is 1. The molecule has 0 radical (unpaired) electrons. The molecule has 0 bridgehead atoms. The Morgan fingerprint density at radius 1 is 1.19 bits per heavy atom. The van der Waals surface area contributed by atoms with Gasteiger partial charge in [-0.05, 0) is 31.2 Å². The number of nitrogens with zero attached hydrogens (tertiary/aromatic N) is 2. The lowest BCUT2D eigenvalue weighted by Crippen LogP contribution is -3.19. The van der Waals surface area contributed by atoms with Crippen LogP contribution in [0, 0.1) is 11.3 Å². The van der Waals surface area contributed by atoms with Crippen LogP contribution in [0.15, 0.2) is 48.5 Å². The molecule has 1 aliphatic heterocycles. The highest BCUT2D eigenvalue weighted by Crippen LogP contribution is 2.24. The lowest BCUT2D eigenvalue weighted by Gasteiger charge is -2.36. The molecule has 6 heteroatoms. The molecule has 1 atom stereocenters. The molecule has 0 unspecified atom stereocenters. The number of amides is 1. The summed E-state index contributed by atoms with van der Waals surface area (Å²) in [7, 11) is 0. The highest BCUT2D eigenvalue weighted by Gasteiger charge is 2.30. The normalized spacial score (nSPS) is 16.0. The number of para-hydroxylation sites is 2. The number of carbonyl (C=O) groups is 1. The molecule has 0 spiro atoms. The molecule has 1 amide bonds. The average molecular weight is 370 g/mol. The lowest BCUT2D eigenvalue weighted by atomic mass is 10.1. The Morgan fingerprint density at radius 2 is 1.85 bits per heavy atom. The monoisotopic (exact) mass is 369 g/mol. The van der Waals surface area contributed by atoms with Crippen molar-refractivity contribution in [1.29, 1.82) is 5.26 Å². The number of hydrogen-bond donors (Lipinski definition) is 2. The molecule has 0 aromatic heterocycles.